The minimum Gasteiger partial charge on any atom is -0.204 e. The third-order valence-electron chi connectivity index (χ3n) is 2.43. The fraction of sp³-hybridized carbons (Fsp3) is 0.0769. The Bertz CT molecular complexity index is 475. The molecule has 0 aliphatic rings. The van der Waals surface area contributed by atoms with Crippen molar-refractivity contribution in [1.82, 2.24) is 0 Å². The molecule has 0 aliphatic heterocycles. The van der Waals surface area contributed by atoms with Crippen LogP contribution in [-0.2, 0) is 0 Å². The van der Waals surface area contributed by atoms with Crippen LogP contribution in [0, 0.1) is 12.5 Å². The first-order valence-electron chi connectivity index (χ1n) is 4.85. The molecule has 1 N–H and O–H groups in total. The van der Waals surface area contributed by atoms with Gasteiger partial charge in [-0.2, -0.15) is 5.11 Å². The van der Waals surface area contributed by atoms with E-state index >= 15 is 0 Å². The van der Waals surface area contributed by atoms with Gasteiger partial charge >= 0.3 is 0 Å². The molecule has 0 unspecified atom stereocenters. The van der Waals surface area contributed by atoms with Crippen LogP contribution >= 0.6 is 0 Å². The van der Waals surface area contributed by atoms with Crippen LogP contribution in [0.15, 0.2) is 53.6 Å². The topological polar surface area (TPSA) is 36.2 Å². The summed E-state index contributed by atoms with van der Waals surface area (Å²) in [6.45, 7) is 2.04. The third-order valence-corrected chi connectivity index (χ3v) is 2.43. The fourth-order valence-corrected chi connectivity index (χ4v) is 1.73. The molecule has 0 heterocycles. The lowest BCUT2D eigenvalue weighted by Crippen LogP contribution is -1.83. The van der Waals surface area contributed by atoms with Crippen molar-refractivity contribution in [3.8, 4) is 11.1 Å². The number of nitrogens with one attached hydrogen (secondary N) is 1. The quantitative estimate of drug-likeness (QED) is 0.694. The number of aryl methyl sites for hydroxylation is 1. The van der Waals surface area contributed by atoms with E-state index in [-0.39, 0.29) is 0 Å². The van der Waals surface area contributed by atoms with Crippen molar-refractivity contribution in [3.05, 3.63) is 54.1 Å². The Morgan fingerprint density at radius 1 is 0.933 bits per heavy atom. The summed E-state index contributed by atoms with van der Waals surface area (Å²) in [6, 6.07) is 15.9. The van der Waals surface area contributed by atoms with Crippen LogP contribution in [0.5, 0.6) is 0 Å². The van der Waals surface area contributed by atoms with Gasteiger partial charge in [0.2, 0.25) is 0 Å². The summed E-state index contributed by atoms with van der Waals surface area (Å²) in [5.74, 6) is 0. The van der Waals surface area contributed by atoms with Crippen molar-refractivity contribution < 1.29 is 0 Å². The summed E-state index contributed by atoms with van der Waals surface area (Å²) in [5.41, 5.74) is 11.2. The predicted octanol–water partition coefficient (Wildman–Crippen LogP) is 4.32. The zero-order valence-corrected chi connectivity index (χ0v) is 8.57. The van der Waals surface area contributed by atoms with Gasteiger partial charge < -0.3 is 0 Å². The van der Waals surface area contributed by atoms with Crippen molar-refractivity contribution >= 4 is 5.69 Å². The zero-order valence-electron chi connectivity index (χ0n) is 8.57. The van der Waals surface area contributed by atoms with Gasteiger partial charge in [-0.25, -0.2) is 5.53 Å². The van der Waals surface area contributed by atoms with E-state index in [1.54, 1.807) is 0 Å². The molecule has 0 aliphatic carbocycles. The van der Waals surface area contributed by atoms with Gasteiger partial charge in [-0.1, -0.05) is 42.5 Å². The normalized spacial score (nSPS) is 9.93. The highest BCUT2D eigenvalue weighted by atomic mass is 15.0. The smallest absolute Gasteiger partial charge is 0.0930 e. The molecule has 2 rings (SSSR count). The number of hydrogen-bond acceptors (Lipinski definition) is 2. The van der Waals surface area contributed by atoms with Gasteiger partial charge in [-0.15, -0.1) is 0 Å². The lowest BCUT2D eigenvalue weighted by atomic mass is 9.99. The lowest BCUT2D eigenvalue weighted by Gasteiger charge is -2.08. The van der Waals surface area contributed by atoms with Crippen molar-refractivity contribution in [1.29, 1.82) is 5.53 Å². The van der Waals surface area contributed by atoms with E-state index < -0.39 is 0 Å². The zero-order chi connectivity index (χ0) is 10.7. The Labute approximate surface area is 89.1 Å². The Kier molecular flexibility index (Phi) is 2.59. The third kappa shape index (κ3) is 1.79. The average molecular weight is 196 g/mol. The number of benzene rings is 2. The second kappa shape index (κ2) is 4.05. The number of nitrogens with zero attached hydrogens (tertiary/aromatic N) is 1. The largest absolute Gasteiger partial charge is 0.204 e. The molecule has 0 saturated heterocycles. The van der Waals surface area contributed by atoms with Crippen molar-refractivity contribution in [2.45, 2.75) is 6.92 Å². The van der Waals surface area contributed by atoms with Crippen molar-refractivity contribution in [2.75, 3.05) is 0 Å². The van der Waals surface area contributed by atoms with E-state index in [4.69, 9.17) is 5.53 Å². The van der Waals surface area contributed by atoms with Crippen LogP contribution in [0.25, 0.3) is 11.1 Å². The molecule has 2 nitrogen and oxygen atoms in total. The highest BCUT2D eigenvalue weighted by Crippen LogP contribution is 2.32. The Morgan fingerprint density at radius 2 is 1.67 bits per heavy atom. The molecule has 0 saturated carbocycles. The Hall–Kier alpha value is -1.96. The van der Waals surface area contributed by atoms with E-state index in [0.29, 0.717) is 0 Å². The van der Waals surface area contributed by atoms with Gasteiger partial charge in [0.25, 0.3) is 0 Å². The maximum absolute atomic E-state index is 7.16. The van der Waals surface area contributed by atoms with Crippen LogP contribution in [0.3, 0.4) is 0 Å². The van der Waals surface area contributed by atoms with Gasteiger partial charge in [-0.05, 0) is 24.1 Å². The maximum Gasteiger partial charge on any atom is 0.0930 e. The molecule has 0 atom stereocenters. The highest BCUT2D eigenvalue weighted by molar-refractivity contribution is 5.78. The van der Waals surface area contributed by atoms with E-state index in [1.807, 2.05) is 55.5 Å². The average Bonchev–Trinajstić information content (AvgIpc) is 2.29. The summed E-state index contributed by atoms with van der Waals surface area (Å²) in [7, 11) is 0. The molecule has 0 bridgehead atoms. The molecule has 2 aromatic carbocycles. The van der Waals surface area contributed by atoms with E-state index in [9.17, 15) is 0 Å². The molecular formula is C13H12N2. The molecule has 0 fully saturated rings. The predicted molar refractivity (Wildman–Crippen MR) is 61.4 cm³/mol. The van der Waals surface area contributed by atoms with Crippen LogP contribution in [0.4, 0.5) is 5.69 Å². The summed E-state index contributed by atoms with van der Waals surface area (Å²) < 4.78 is 0. The monoisotopic (exact) mass is 196 g/mol. The summed E-state index contributed by atoms with van der Waals surface area (Å²) in [6.07, 6.45) is 0. The Balaban J connectivity index is 2.66. The summed E-state index contributed by atoms with van der Waals surface area (Å²) in [4.78, 5) is 0. The van der Waals surface area contributed by atoms with Crippen molar-refractivity contribution in [3.63, 3.8) is 0 Å². The summed E-state index contributed by atoms with van der Waals surface area (Å²) >= 11 is 0. The van der Waals surface area contributed by atoms with Crippen LogP contribution in [0.2, 0.25) is 0 Å². The van der Waals surface area contributed by atoms with Gasteiger partial charge in [0.05, 0.1) is 5.69 Å². The molecule has 0 aromatic heterocycles. The molecular weight excluding hydrogens is 184 g/mol. The highest BCUT2D eigenvalue weighted by Gasteiger charge is 2.06. The summed E-state index contributed by atoms with van der Waals surface area (Å²) in [5, 5.41) is 3.56. The molecule has 74 valence electrons. The SMILES string of the molecule is Cc1cccc(N=N)c1-c1ccccc1. The van der Waals surface area contributed by atoms with Gasteiger partial charge in [0.1, 0.15) is 0 Å². The van der Waals surface area contributed by atoms with E-state index in [2.05, 4.69) is 5.11 Å². The van der Waals surface area contributed by atoms with E-state index in [0.717, 1.165) is 22.4 Å². The molecule has 2 aromatic rings. The van der Waals surface area contributed by atoms with Gasteiger partial charge in [0.15, 0.2) is 0 Å². The van der Waals surface area contributed by atoms with Crippen LogP contribution in [0.1, 0.15) is 5.56 Å². The first-order chi connectivity index (χ1) is 7.33. The standard InChI is InChI=1S/C13H12N2/c1-10-6-5-9-12(15-14)13(10)11-7-3-2-4-8-11/h2-9,14H,1H3. The molecule has 0 amide bonds. The van der Waals surface area contributed by atoms with Crippen molar-refractivity contribution in [2.24, 2.45) is 5.11 Å². The first-order valence-corrected chi connectivity index (χ1v) is 4.85. The van der Waals surface area contributed by atoms with E-state index in [1.165, 1.54) is 0 Å². The lowest BCUT2D eigenvalue weighted by molar-refractivity contribution is 1.14. The molecule has 15 heavy (non-hydrogen) atoms. The molecule has 2 heteroatoms. The maximum atomic E-state index is 7.16. The fourth-order valence-electron chi connectivity index (χ4n) is 1.73. The van der Waals surface area contributed by atoms with Crippen LogP contribution < -0.4 is 0 Å². The number of rotatable bonds is 2. The Morgan fingerprint density at radius 3 is 2.33 bits per heavy atom. The number of hydrogen-bond donors (Lipinski definition) is 1. The molecule has 0 radical (unpaired) electrons. The van der Waals surface area contributed by atoms with Crippen LogP contribution in [-0.4, -0.2) is 0 Å². The first kappa shape index (κ1) is 9.59. The second-order valence-electron chi connectivity index (χ2n) is 3.45. The minimum atomic E-state index is 0.723. The molecule has 0 spiro atoms. The van der Waals surface area contributed by atoms with Gasteiger partial charge in [0, 0.05) is 5.56 Å². The van der Waals surface area contributed by atoms with Gasteiger partial charge in [-0.3, -0.25) is 0 Å². The minimum absolute atomic E-state index is 0.723. The second-order valence-corrected chi connectivity index (χ2v) is 3.45.